The van der Waals surface area contributed by atoms with E-state index < -0.39 is 16.1 Å². The molecule has 6 nitrogen and oxygen atoms in total. The highest BCUT2D eigenvalue weighted by atomic mass is 35.5. The van der Waals surface area contributed by atoms with Gasteiger partial charge in [0.25, 0.3) is 10.0 Å². The smallest absolute Gasteiger partial charge is 0.262 e. The molecule has 3 aromatic rings. The zero-order chi connectivity index (χ0) is 20.8. The number of fused-ring (bicyclic) bond motifs is 1. The van der Waals surface area contributed by atoms with Gasteiger partial charge in [0.15, 0.2) is 0 Å². The summed E-state index contributed by atoms with van der Waals surface area (Å²) in [6, 6.07) is 15.0. The Morgan fingerprint density at radius 2 is 1.76 bits per heavy atom. The lowest BCUT2D eigenvalue weighted by atomic mass is 10.0. The van der Waals surface area contributed by atoms with Crippen molar-refractivity contribution >= 4 is 44.7 Å². The molecule has 0 spiro atoms. The average Bonchev–Trinajstić information content (AvgIpc) is 3.03. The molecule has 1 atom stereocenters. The Labute approximate surface area is 179 Å². The van der Waals surface area contributed by atoms with E-state index in [1.165, 1.54) is 0 Å². The zero-order valence-electron chi connectivity index (χ0n) is 15.6. The molecule has 4 rings (SSSR count). The third kappa shape index (κ3) is 3.73. The summed E-state index contributed by atoms with van der Waals surface area (Å²) in [5.41, 5.74) is 2.41. The lowest BCUT2D eigenvalue weighted by molar-refractivity contribution is 0.565. The fraction of sp³-hybridized carbons (Fsp3) is 0.150. The highest BCUT2D eigenvalue weighted by molar-refractivity contribution is 7.96. The number of nitrogens with one attached hydrogen (secondary N) is 2. The van der Waals surface area contributed by atoms with Crippen LogP contribution < -0.4 is 10.0 Å². The summed E-state index contributed by atoms with van der Waals surface area (Å²) < 4.78 is 31.1. The summed E-state index contributed by atoms with van der Waals surface area (Å²) in [7, 11) is -3.91. The lowest BCUT2D eigenvalue weighted by Crippen LogP contribution is -2.31. The van der Waals surface area contributed by atoms with E-state index in [9.17, 15) is 8.42 Å². The van der Waals surface area contributed by atoms with Crippen LogP contribution in [0.25, 0.3) is 0 Å². The number of rotatable bonds is 4. The molecule has 0 fully saturated rings. The van der Waals surface area contributed by atoms with Crippen LogP contribution in [-0.4, -0.2) is 18.2 Å². The maximum atomic E-state index is 13.4. The summed E-state index contributed by atoms with van der Waals surface area (Å²) in [4.78, 5) is 0.162. The summed E-state index contributed by atoms with van der Waals surface area (Å²) in [6.07, 6.45) is 0. The molecule has 0 amide bonds. The number of benzene rings is 2. The van der Waals surface area contributed by atoms with Gasteiger partial charge in [-0.15, -0.1) is 0 Å². The highest BCUT2D eigenvalue weighted by Crippen LogP contribution is 2.40. The zero-order valence-corrected chi connectivity index (χ0v) is 18.0. The van der Waals surface area contributed by atoms with Crippen LogP contribution in [0.5, 0.6) is 0 Å². The average molecular weight is 449 g/mol. The maximum Gasteiger partial charge on any atom is 0.262 e. The number of hydrogen-bond acceptors (Lipinski definition) is 4. The van der Waals surface area contributed by atoms with Crippen molar-refractivity contribution in [3.8, 4) is 0 Å². The van der Waals surface area contributed by atoms with Gasteiger partial charge in [0.2, 0.25) is 0 Å². The van der Waals surface area contributed by atoms with Crippen molar-refractivity contribution in [3.63, 3.8) is 0 Å². The Hall–Kier alpha value is -2.48. The number of aromatic nitrogens is 2. The van der Waals surface area contributed by atoms with Crippen molar-refractivity contribution in [3.05, 3.63) is 86.5 Å². The lowest BCUT2D eigenvalue weighted by Gasteiger charge is -2.30. The van der Waals surface area contributed by atoms with Gasteiger partial charge in [0, 0.05) is 17.5 Å². The van der Waals surface area contributed by atoms with Gasteiger partial charge in [-0.2, -0.15) is 5.10 Å². The number of anilines is 2. The Kier molecular flexibility index (Phi) is 5.06. The van der Waals surface area contributed by atoms with Gasteiger partial charge < -0.3 is 5.32 Å². The normalized spacial score (nSPS) is 16.3. The molecule has 1 aliphatic rings. The number of halogens is 2. The van der Waals surface area contributed by atoms with Gasteiger partial charge in [-0.1, -0.05) is 47.5 Å². The summed E-state index contributed by atoms with van der Waals surface area (Å²) in [5, 5.41) is 8.41. The molecule has 150 valence electrons. The molecule has 0 bridgehead atoms. The monoisotopic (exact) mass is 448 g/mol. The van der Waals surface area contributed by atoms with Crippen LogP contribution in [0.3, 0.4) is 0 Å². The second-order valence-corrected chi connectivity index (χ2v) is 9.24. The number of allylic oxidation sites excluding steroid dienone is 2. The second kappa shape index (κ2) is 7.40. The van der Waals surface area contributed by atoms with Crippen molar-refractivity contribution in [1.82, 2.24) is 9.78 Å². The molecule has 1 aliphatic heterocycles. The molecule has 29 heavy (non-hydrogen) atoms. The standard InChI is InChI=1S/C20H18Cl2N4O2S/c1-12-10-18-23-13(2)20(29(27,28)25-15-6-4-3-5-7-15)19(26(18)24-12)14-8-9-16(21)17(22)11-14/h3-11,19,23,25H,1-2H3. The van der Waals surface area contributed by atoms with Crippen molar-refractivity contribution in [1.29, 1.82) is 0 Å². The molecular formula is C20H18Cl2N4O2S. The van der Waals surface area contributed by atoms with E-state index in [2.05, 4.69) is 15.1 Å². The van der Waals surface area contributed by atoms with Gasteiger partial charge in [-0.3, -0.25) is 4.72 Å². The van der Waals surface area contributed by atoms with E-state index in [-0.39, 0.29) is 4.91 Å². The fourth-order valence-electron chi connectivity index (χ4n) is 3.42. The number of sulfonamides is 1. The van der Waals surface area contributed by atoms with Crippen molar-refractivity contribution in [2.75, 3.05) is 10.0 Å². The fourth-order valence-corrected chi connectivity index (χ4v) is 5.26. The first kappa shape index (κ1) is 19.8. The summed E-state index contributed by atoms with van der Waals surface area (Å²) in [6.45, 7) is 3.58. The largest absolute Gasteiger partial charge is 0.343 e. The van der Waals surface area contributed by atoms with Gasteiger partial charge in [0.1, 0.15) is 16.8 Å². The van der Waals surface area contributed by atoms with Crippen LogP contribution in [0, 0.1) is 6.92 Å². The van der Waals surface area contributed by atoms with Crippen molar-refractivity contribution in [2.45, 2.75) is 19.9 Å². The second-order valence-electron chi connectivity index (χ2n) is 6.78. The predicted octanol–water partition coefficient (Wildman–Crippen LogP) is 5.19. The Morgan fingerprint density at radius 1 is 1.03 bits per heavy atom. The first-order valence-electron chi connectivity index (χ1n) is 8.83. The van der Waals surface area contributed by atoms with E-state index in [4.69, 9.17) is 23.2 Å². The molecule has 0 saturated carbocycles. The minimum atomic E-state index is -3.91. The van der Waals surface area contributed by atoms with Gasteiger partial charge in [-0.25, -0.2) is 13.1 Å². The van der Waals surface area contributed by atoms with Crippen LogP contribution in [0.15, 0.2) is 65.2 Å². The number of nitrogens with zero attached hydrogens (tertiary/aromatic N) is 2. The number of hydrogen-bond donors (Lipinski definition) is 2. The van der Waals surface area contributed by atoms with E-state index in [0.29, 0.717) is 32.8 Å². The quantitative estimate of drug-likeness (QED) is 0.575. The summed E-state index contributed by atoms with van der Waals surface area (Å²) >= 11 is 12.3. The molecular weight excluding hydrogens is 431 g/mol. The Morgan fingerprint density at radius 3 is 2.45 bits per heavy atom. The molecule has 0 radical (unpaired) electrons. The minimum Gasteiger partial charge on any atom is -0.343 e. The van der Waals surface area contributed by atoms with E-state index in [0.717, 1.165) is 5.69 Å². The summed E-state index contributed by atoms with van der Waals surface area (Å²) in [5.74, 6) is 0.703. The topological polar surface area (TPSA) is 76.0 Å². The molecule has 2 N–H and O–H groups in total. The van der Waals surface area contributed by atoms with Crippen LogP contribution in [-0.2, 0) is 10.0 Å². The molecule has 0 saturated heterocycles. The van der Waals surface area contributed by atoms with Crippen LogP contribution in [0.1, 0.15) is 24.2 Å². The van der Waals surface area contributed by atoms with E-state index in [1.807, 2.05) is 19.1 Å². The first-order valence-corrected chi connectivity index (χ1v) is 11.1. The number of para-hydroxylation sites is 1. The Balaban J connectivity index is 1.88. The molecule has 1 aromatic heterocycles. The molecule has 2 aromatic carbocycles. The Bertz CT molecular complexity index is 1220. The van der Waals surface area contributed by atoms with Crippen LogP contribution >= 0.6 is 23.2 Å². The predicted molar refractivity (Wildman–Crippen MR) is 117 cm³/mol. The molecule has 0 aliphatic carbocycles. The van der Waals surface area contributed by atoms with E-state index in [1.54, 1.807) is 54.1 Å². The van der Waals surface area contributed by atoms with Gasteiger partial charge in [0.05, 0.1) is 15.7 Å². The molecule has 1 unspecified atom stereocenters. The third-order valence-electron chi connectivity index (χ3n) is 4.61. The van der Waals surface area contributed by atoms with Crippen LogP contribution in [0.4, 0.5) is 11.5 Å². The van der Waals surface area contributed by atoms with Gasteiger partial charge >= 0.3 is 0 Å². The highest BCUT2D eigenvalue weighted by Gasteiger charge is 2.37. The SMILES string of the molecule is CC1=C(S(=O)(=O)Nc2ccccc2)C(c2ccc(Cl)c(Cl)c2)n2nc(C)cc2N1. The van der Waals surface area contributed by atoms with E-state index >= 15 is 0 Å². The number of aryl methyl sites for hydroxylation is 1. The maximum absolute atomic E-state index is 13.4. The molecule has 9 heteroatoms. The molecule has 2 heterocycles. The van der Waals surface area contributed by atoms with Gasteiger partial charge in [-0.05, 0) is 43.7 Å². The van der Waals surface area contributed by atoms with Crippen LogP contribution in [0.2, 0.25) is 10.0 Å². The van der Waals surface area contributed by atoms with Crippen molar-refractivity contribution in [2.24, 2.45) is 0 Å². The third-order valence-corrected chi connectivity index (χ3v) is 6.96. The van der Waals surface area contributed by atoms with Crippen molar-refractivity contribution < 1.29 is 8.42 Å². The first-order chi connectivity index (χ1) is 13.8. The minimum absolute atomic E-state index is 0.162.